The predicted octanol–water partition coefficient (Wildman–Crippen LogP) is 2.70. The van der Waals surface area contributed by atoms with Crippen molar-refractivity contribution in [2.75, 3.05) is 17.1 Å². The van der Waals surface area contributed by atoms with Gasteiger partial charge >= 0.3 is 0 Å². The number of hydrogen-bond acceptors (Lipinski definition) is 6. The van der Waals surface area contributed by atoms with Gasteiger partial charge in [-0.2, -0.15) is 0 Å². The fraction of sp³-hybridized carbons (Fsp3) is 0.0952. The van der Waals surface area contributed by atoms with Crippen molar-refractivity contribution in [3.8, 4) is 5.75 Å². The Balaban J connectivity index is 1.89. The highest BCUT2D eigenvalue weighted by Gasteiger charge is 2.19. The van der Waals surface area contributed by atoms with E-state index in [0.29, 0.717) is 5.56 Å². The average molecular weight is 476 g/mol. The molecule has 0 heterocycles. The number of hydrogen-bond donors (Lipinski definition) is 3. The summed E-state index contributed by atoms with van der Waals surface area (Å²) in [5.41, 5.74) is 1.51. The number of primary sulfonamides is 1. The van der Waals surface area contributed by atoms with Crippen molar-refractivity contribution < 1.29 is 26.4 Å². The van der Waals surface area contributed by atoms with Gasteiger partial charge in [0.2, 0.25) is 10.0 Å². The predicted molar refractivity (Wildman–Crippen MR) is 121 cm³/mol. The molecule has 32 heavy (non-hydrogen) atoms. The molecule has 4 N–H and O–H groups in total. The van der Waals surface area contributed by atoms with E-state index in [9.17, 15) is 21.6 Å². The van der Waals surface area contributed by atoms with Gasteiger partial charge in [-0.15, -0.1) is 0 Å². The molecule has 0 atom stereocenters. The molecule has 0 radical (unpaired) electrons. The van der Waals surface area contributed by atoms with E-state index in [-0.39, 0.29) is 26.9 Å². The summed E-state index contributed by atoms with van der Waals surface area (Å²) in [6.07, 6.45) is 0. The monoisotopic (exact) mass is 475 g/mol. The van der Waals surface area contributed by atoms with Gasteiger partial charge in [0.1, 0.15) is 5.75 Å². The van der Waals surface area contributed by atoms with Gasteiger partial charge in [-0.1, -0.05) is 18.2 Å². The molecule has 0 aliphatic heterocycles. The van der Waals surface area contributed by atoms with E-state index in [2.05, 4.69) is 10.0 Å². The van der Waals surface area contributed by atoms with Crippen molar-refractivity contribution in [3.05, 3.63) is 77.9 Å². The molecular formula is C21H21N3O6S2. The summed E-state index contributed by atoms with van der Waals surface area (Å²) < 4.78 is 56.0. The van der Waals surface area contributed by atoms with Crippen molar-refractivity contribution in [3.63, 3.8) is 0 Å². The standard InChI is InChI=1S/C21H21N3O6S2/c1-14-5-3-4-6-18(14)21(25)23-19-13-17(11-12-20(19)30-2)32(28,29)24-15-7-9-16(10-8-15)31(22,26)27/h3-13,24H,1-2H3,(H,23,25)(H2,22,26,27). The number of nitrogens with two attached hydrogens (primary N) is 1. The maximum absolute atomic E-state index is 12.8. The highest BCUT2D eigenvalue weighted by atomic mass is 32.2. The van der Waals surface area contributed by atoms with Gasteiger partial charge < -0.3 is 10.1 Å². The van der Waals surface area contributed by atoms with Crippen LogP contribution in [0.2, 0.25) is 0 Å². The second-order valence-corrected chi connectivity index (χ2v) is 10.0. The van der Waals surface area contributed by atoms with Crippen molar-refractivity contribution in [2.24, 2.45) is 5.14 Å². The molecule has 3 aromatic carbocycles. The lowest BCUT2D eigenvalue weighted by molar-refractivity contribution is 0.102. The Bertz CT molecular complexity index is 1370. The van der Waals surface area contributed by atoms with Crippen molar-refractivity contribution in [2.45, 2.75) is 16.7 Å². The van der Waals surface area contributed by atoms with Gasteiger partial charge in [0.15, 0.2) is 0 Å². The molecule has 0 bridgehead atoms. The number of rotatable bonds is 7. The fourth-order valence-electron chi connectivity index (χ4n) is 2.90. The zero-order chi connectivity index (χ0) is 23.5. The lowest BCUT2D eigenvalue weighted by Crippen LogP contribution is -2.16. The van der Waals surface area contributed by atoms with Crippen LogP contribution >= 0.6 is 0 Å². The van der Waals surface area contributed by atoms with Crippen LogP contribution < -0.4 is 19.9 Å². The van der Waals surface area contributed by atoms with E-state index in [1.165, 1.54) is 49.6 Å². The van der Waals surface area contributed by atoms with Gasteiger partial charge in [-0.25, -0.2) is 22.0 Å². The molecule has 0 unspecified atom stereocenters. The van der Waals surface area contributed by atoms with Crippen LogP contribution in [0.5, 0.6) is 5.75 Å². The van der Waals surface area contributed by atoms with Gasteiger partial charge in [-0.3, -0.25) is 9.52 Å². The molecule has 0 spiro atoms. The molecule has 0 saturated heterocycles. The summed E-state index contributed by atoms with van der Waals surface area (Å²) >= 11 is 0. The van der Waals surface area contributed by atoms with Gasteiger partial charge in [0.05, 0.1) is 22.6 Å². The molecule has 3 aromatic rings. The first-order chi connectivity index (χ1) is 15.0. The first-order valence-electron chi connectivity index (χ1n) is 9.22. The first-order valence-corrected chi connectivity index (χ1v) is 12.2. The maximum Gasteiger partial charge on any atom is 0.261 e. The smallest absolute Gasteiger partial charge is 0.261 e. The fourth-order valence-corrected chi connectivity index (χ4v) is 4.50. The number of sulfonamides is 2. The number of ether oxygens (including phenoxy) is 1. The second kappa shape index (κ2) is 8.99. The molecule has 0 fully saturated rings. The molecule has 0 aliphatic carbocycles. The maximum atomic E-state index is 12.8. The SMILES string of the molecule is COc1ccc(S(=O)(=O)Nc2ccc(S(N)(=O)=O)cc2)cc1NC(=O)c1ccccc1C. The molecule has 3 rings (SSSR count). The third-order valence-corrected chi connectivity index (χ3v) is 6.86. The van der Waals surface area contributed by atoms with E-state index < -0.39 is 26.0 Å². The number of anilines is 2. The van der Waals surface area contributed by atoms with Gasteiger partial charge in [-0.05, 0) is 61.0 Å². The summed E-state index contributed by atoms with van der Waals surface area (Å²) in [7, 11) is -6.55. The van der Waals surface area contributed by atoms with E-state index in [4.69, 9.17) is 9.88 Å². The van der Waals surface area contributed by atoms with Gasteiger partial charge in [0, 0.05) is 11.3 Å². The highest BCUT2D eigenvalue weighted by molar-refractivity contribution is 7.92. The third-order valence-electron chi connectivity index (χ3n) is 4.55. The summed E-state index contributed by atoms with van der Waals surface area (Å²) in [5, 5.41) is 7.73. The lowest BCUT2D eigenvalue weighted by atomic mass is 10.1. The van der Waals surface area contributed by atoms with E-state index in [1.54, 1.807) is 31.2 Å². The number of benzene rings is 3. The number of amides is 1. The third kappa shape index (κ3) is 5.25. The highest BCUT2D eigenvalue weighted by Crippen LogP contribution is 2.29. The van der Waals surface area contributed by atoms with Crippen LogP contribution in [-0.2, 0) is 20.0 Å². The van der Waals surface area contributed by atoms with Crippen LogP contribution in [0, 0.1) is 6.92 Å². The topological polar surface area (TPSA) is 145 Å². The van der Waals surface area contributed by atoms with Gasteiger partial charge in [0.25, 0.3) is 15.9 Å². The Morgan fingerprint density at radius 1 is 0.906 bits per heavy atom. The Labute approximate surface area is 186 Å². The summed E-state index contributed by atoms with van der Waals surface area (Å²) in [4.78, 5) is 12.4. The minimum absolute atomic E-state index is 0.131. The number of carbonyl (C=O) groups is 1. The number of carbonyl (C=O) groups excluding carboxylic acids is 1. The Kier molecular flexibility index (Phi) is 6.53. The Hall–Kier alpha value is -3.41. The average Bonchev–Trinajstić information content (AvgIpc) is 2.73. The minimum Gasteiger partial charge on any atom is -0.495 e. The molecule has 1 amide bonds. The lowest BCUT2D eigenvalue weighted by Gasteiger charge is -2.14. The van der Waals surface area contributed by atoms with Crippen LogP contribution in [0.15, 0.2) is 76.5 Å². The first kappa shape index (κ1) is 23.3. The Morgan fingerprint density at radius 2 is 1.53 bits per heavy atom. The molecular weight excluding hydrogens is 454 g/mol. The van der Waals surface area contributed by atoms with Crippen LogP contribution in [0.1, 0.15) is 15.9 Å². The molecule has 11 heteroatoms. The van der Waals surface area contributed by atoms with Crippen molar-refractivity contribution >= 4 is 37.3 Å². The van der Waals surface area contributed by atoms with Crippen LogP contribution in [-0.4, -0.2) is 29.9 Å². The number of nitrogens with one attached hydrogen (secondary N) is 2. The van der Waals surface area contributed by atoms with E-state index in [1.807, 2.05) is 0 Å². The second-order valence-electron chi connectivity index (χ2n) is 6.81. The molecule has 0 aliphatic rings. The number of methoxy groups -OCH3 is 1. The largest absolute Gasteiger partial charge is 0.495 e. The van der Waals surface area contributed by atoms with Crippen LogP contribution in [0.4, 0.5) is 11.4 Å². The molecule has 0 saturated carbocycles. The molecule has 9 nitrogen and oxygen atoms in total. The zero-order valence-corrected chi connectivity index (χ0v) is 18.8. The van der Waals surface area contributed by atoms with Crippen LogP contribution in [0.25, 0.3) is 0 Å². The minimum atomic E-state index is -4.06. The normalized spacial score (nSPS) is 11.6. The quantitative estimate of drug-likeness (QED) is 0.479. The number of aryl methyl sites for hydroxylation is 1. The molecule has 0 aromatic heterocycles. The zero-order valence-electron chi connectivity index (χ0n) is 17.2. The Morgan fingerprint density at radius 3 is 2.12 bits per heavy atom. The summed E-state index contributed by atoms with van der Waals surface area (Å²) in [5.74, 6) is -0.133. The summed E-state index contributed by atoms with van der Waals surface area (Å²) in [6.45, 7) is 1.79. The molecule has 168 valence electrons. The van der Waals surface area contributed by atoms with Crippen molar-refractivity contribution in [1.29, 1.82) is 0 Å². The summed E-state index contributed by atoms with van der Waals surface area (Å²) in [6, 6.07) is 15.9. The van der Waals surface area contributed by atoms with E-state index >= 15 is 0 Å². The van der Waals surface area contributed by atoms with Crippen LogP contribution in [0.3, 0.4) is 0 Å². The van der Waals surface area contributed by atoms with E-state index in [0.717, 1.165) is 5.56 Å². The van der Waals surface area contributed by atoms with Crippen molar-refractivity contribution in [1.82, 2.24) is 0 Å².